The van der Waals surface area contributed by atoms with E-state index in [0.717, 1.165) is 18.4 Å². The Labute approximate surface area is 152 Å². The van der Waals surface area contributed by atoms with Crippen molar-refractivity contribution in [2.24, 2.45) is 0 Å². The Morgan fingerprint density at radius 1 is 1.00 bits per heavy atom. The molecule has 26 heavy (non-hydrogen) atoms. The van der Waals surface area contributed by atoms with Gasteiger partial charge in [-0.05, 0) is 73.1 Å². The third kappa shape index (κ3) is 4.28. The average molecular weight is 354 g/mol. The smallest absolute Gasteiger partial charge is 0.313 e. The van der Waals surface area contributed by atoms with Crippen molar-refractivity contribution >= 4 is 17.5 Å². The van der Waals surface area contributed by atoms with Gasteiger partial charge in [0.1, 0.15) is 5.82 Å². The summed E-state index contributed by atoms with van der Waals surface area (Å²) in [6, 6.07) is 11.4. The molecule has 4 nitrogen and oxygen atoms in total. The zero-order valence-electron chi connectivity index (χ0n) is 14.8. The van der Waals surface area contributed by atoms with E-state index in [4.69, 9.17) is 0 Å². The number of amides is 2. The van der Waals surface area contributed by atoms with E-state index in [1.165, 1.54) is 48.2 Å². The van der Waals surface area contributed by atoms with Gasteiger partial charge in [0, 0.05) is 5.69 Å². The lowest BCUT2D eigenvalue weighted by Crippen LogP contribution is -2.37. The first kappa shape index (κ1) is 18.1. The molecule has 0 spiro atoms. The summed E-state index contributed by atoms with van der Waals surface area (Å²) in [4.78, 5) is 24.3. The van der Waals surface area contributed by atoms with E-state index in [9.17, 15) is 14.0 Å². The maximum Gasteiger partial charge on any atom is 0.313 e. The van der Waals surface area contributed by atoms with E-state index >= 15 is 0 Å². The number of halogens is 1. The molecule has 1 atom stereocenters. The molecule has 2 N–H and O–H groups in total. The maximum atomic E-state index is 12.9. The highest BCUT2D eigenvalue weighted by Gasteiger charge is 2.20. The minimum atomic E-state index is -0.756. The number of anilines is 1. The molecule has 5 heteroatoms. The molecule has 2 amide bonds. The Morgan fingerprint density at radius 3 is 2.38 bits per heavy atom. The van der Waals surface area contributed by atoms with Crippen molar-refractivity contribution < 1.29 is 14.0 Å². The molecule has 1 unspecified atom stereocenters. The van der Waals surface area contributed by atoms with Gasteiger partial charge < -0.3 is 10.6 Å². The Morgan fingerprint density at radius 2 is 1.69 bits per heavy atom. The zero-order chi connectivity index (χ0) is 18.5. The van der Waals surface area contributed by atoms with Crippen LogP contribution in [0.3, 0.4) is 0 Å². The number of fused-ring (bicyclic) bond motifs is 1. The monoisotopic (exact) mass is 354 g/mol. The van der Waals surface area contributed by atoms with E-state index < -0.39 is 17.6 Å². The Balaban J connectivity index is 1.66. The fraction of sp³-hybridized carbons (Fsp3) is 0.333. The lowest BCUT2D eigenvalue weighted by Gasteiger charge is -2.21. The van der Waals surface area contributed by atoms with E-state index in [2.05, 4.69) is 22.8 Å². The number of nitrogens with one attached hydrogen (secondary N) is 2. The minimum Gasteiger partial charge on any atom is -0.341 e. The topological polar surface area (TPSA) is 58.2 Å². The molecular weight excluding hydrogens is 331 g/mol. The summed E-state index contributed by atoms with van der Waals surface area (Å²) in [5, 5.41) is 5.28. The summed E-state index contributed by atoms with van der Waals surface area (Å²) in [6.45, 7) is 1.97. The second-order valence-electron chi connectivity index (χ2n) is 6.63. The van der Waals surface area contributed by atoms with Crippen LogP contribution in [0.15, 0.2) is 42.5 Å². The number of carbonyl (C=O) groups excluding carboxylic acids is 2. The molecule has 0 saturated carbocycles. The molecular formula is C21H23FN2O2. The van der Waals surface area contributed by atoms with E-state index in [1.807, 2.05) is 13.0 Å². The van der Waals surface area contributed by atoms with Crippen molar-refractivity contribution in [1.29, 1.82) is 0 Å². The van der Waals surface area contributed by atoms with Gasteiger partial charge in [0.15, 0.2) is 0 Å². The molecule has 1 aliphatic carbocycles. The zero-order valence-corrected chi connectivity index (χ0v) is 14.8. The number of benzene rings is 2. The van der Waals surface area contributed by atoms with Gasteiger partial charge in [-0.25, -0.2) is 4.39 Å². The van der Waals surface area contributed by atoms with Crippen LogP contribution in [0, 0.1) is 5.82 Å². The van der Waals surface area contributed by atoms with E-state index in [-0.39, 0.29) is 6.04 Å². The highest BCUT2D eigenvalue weighted by molar-refractivity contribution is 6.39. The highest BCUT2D eigenvalue weighted by atomic mass is 19.1. The quantitative estimate of drug-likeness (QED) is 0.818. The van der Waals surface area contributed by atoms with Crippen LogP contribution in [0.25, 0.3) is 0 Å². The molecule has 136 valence electrons. The Hall–Kier alpha value is -2.69. The third-order valence-corrected chi connectivity index (χ3v) is 4.80. The molecule has 1 aliphatic rings. The molecule has 0 radical (unpaired) electrons. The van der Waals surface area contributed by atoms with Crippen LogP contribution in [0.1, 0.15) is 48.9 Å². The molecule has 2 aromatic carbocycles. The van der Waals surface area contributed by atoms with Gasteiger partial charge in [0.2, 0.25) is 0 Å². The fourth-order valence-corrected chi connectivity index (χ4v) is 3.34. The molecule has 0 bridgehead atoms. The SMILES string of the molecule is CCC(NC(=O)C(=O)Nc1ccc(F)cc1)c1ccc2c(c1)CCCC2. The molecule has 0 fully saturated rings. The van der Waals surface area contributed by atoms with Crippen LogP contribution >= 0.6 is 0 Å². The van der Waals surface area contributed by atoms with Gasteiger partial charge in [0.05, 0.1) is 6.04 Å². The maximum absolute atomic E-state index is 12.9. The van der Waals surface area contributed by atoms with Gasteiger partial charge in [0.25, 0.3) is 0 Å². The van der Waals surface area contributed by atoms with Crippen LogP contribution in [-0.4, -0.2) is 11.8 Å². The van der Waals surface area contributed by atoms with Gasteiger partial charge in [-0.3, -0.25) is 9.59 Å². The molecule has 2 aromatic rings. The number of hydrogen-bond donors (Lipinski definition) is 2. The van der Waals surface area contributed by atoms with E-state index in [0.29, 0.717) is 12.1 Å². The first-order valence-corrected chi connectivity index (χ1v) is 9.06. The summed E-state index contributed by atoms with van der Waals surface area (Å²) in [5.41, 5.74) is 4.14. The van der Waals surface area contributed by atoms with Crippen LogP contribution in [0.5, 0.6) is 0 Å². The lowest BCUT2D eigenvalue weighted by molar-refractivity contribution is -0.136. The van der Waals surface area contributed by atoms with Gasteiger partial charge in [-0.15, -0.1) is 0 Å². The number of hydrogen-bond acceptors (Lipinski definition) is 2. The standard InChI is InChI=1S/C21H23FN2O2/c1-2-19(16-8-7-14-5-3-4-6-15(14)13-16)24-21(26)20(25)23-18-11-9-17(22)10-12-18/h7-13,19H,2-6H2,1H3,(H,23,25)(H,24,26). The van der Waals surface area contributed by atoms with Crippen molar-refractivity contribution in [2.75, 3.05) is 5.32 Å². The largest absolute Gasteiger partial charge is 0.341 e. The molecule has 0 saturated heterocycles. The number of carbonyl (C=O) groups is 2. The average Bonchev–Trinajstić information content (AvgIpc) is 2.67. The summed E-state index contributed by atoms with van der Waals surface area (Å²) >= 11 is 0. The van der Waals surface area contributed by atoms with Crippen molar-refractivity contribution in [2.45, 2.75) is 45.1 Å². The number of rotatable bonds is 4. The van der Waals surface area contributed by atoms with Gasteiger partial charge in [-0.1, -0.05) is 25.1 Å². The molecule has 0 aliphatic heterocycles. The molecule has 0 heterocycles. The predicted molar refractivity (Wildman–Crippen MR) is 99.3 cm³/mol. The Kier molecular flexibility index (Phi) is 5.66. The molecule has 3 rings (SSSR count). The van der Waals surface area contributed by atoms with Crippen LogP contribution in [-0.2, 0) is 22.4 Å². The number of aryl methyl sites for hydroxylation is 2. The summed E-state index contributed by atoms with van der Waals surface area (Å²) < 4.78 is 12.9. The first-order chi connectivity index (χ1) is 12.6. The summed E-state index contributed by atoms with van der Waals surface area (Å²) in [5.74, 6) is -1.85. The van der Waals surface area contributed by atoms with Crippen LogP contribution < -0.4 is 10.6 Å². The van der Waals surface area contributed by atoms with E-state index in [1.54, 1.807) is 0 Å². The van der Waals surface area contributed by atoms with Crippen molar-refractivity contribution in [3.8, 4) is 0 Å². The van der Waals surface area contributed by atoms with Crippen molar-refractivity contribution in [3.05, 3.63) is 65.0 Å². The summed E-state index contributed by atoms with van der Waals surface area (Å²) in [7, 11) is 0. The Bertz CT molecular complexity index is 802. The second-order valence-corrected chi connectivity index (χ2v) is 6.63. The minimum absolute atomic E-state index is 0.214. The van der Waals surface area contributed by atoms with Crippen LogP contribution in [0.4, 0.5) is 10.1 Å². The fourth-order valence-electron chi connectivity index (χ4n) is 3.34. The van der Waals surface area contributed by atoms with Gasteiger partial charge in [-0.2, -0.15) is 0 Å². The highest BCUT2D eigenvalue weighted by Crippen LogP contribution is 2.26. The first-order valence-electron chi connectivity index (χ1n) is 9.06. The van der Waals surface area contributed by atoms with Crippen molar-refractivity contribution in [3.63, 3.8) is 0 Å². The molecule has 0 aromatic heterocycles. The second kappa shape index (κ2) is 8.13. The third-order valence-electron chi connectivity index (χ3n) is 4.80. The summed E-state index contributed by atoms with van der Waals surface area (Å²) in [6.07, 6.45) is 5.29. The lowest BCUT2D eigenvalue weighted by atomic mass is 9.89. The van der Waals surface area contributed by atoms with Crippen molar-refractivity contribution in [1.82, 2.24) is 5.32 Å². The predicted octanol–water partition coefficient (Wildman–Crippen LogP) is 3.91. The van der Waals surface area contributed by atoms with Crippen LogP contribution in [0.2, 0.25) is 0 Å². The van der Waals surface area contributed by atoms with Gasteiger partial charge >= 0.3 is 11.8 Å². The normalized spacial score (nSPS) is 14.2.